The van der Waals surface area contributed by atoms with E-state index in [9.17, 15) is 0 Å². The fraction of sp³-hybridized carbons (Fsp3) is 0.500. The first-order chi connectivity index (χ1) is 7.27. The van der Waals surface area contributed by atoms with Crippen LogP contribution in [0.2, 0.25) is 0 Å². The zero-order valence-electron chi connectivity index (χ0n) is 10.2. The molecular weight excluding hydrogens is 252 g/mol. The standard InChI is InChI=1S/C8H9BrN2.2C2H6/c1-5-7-3-2-6(9)4-8(7)11-10-5;2*1-2/h2-5,10-11H,1H3;2*1-2H3. The van der Waals surface area contributed by atoms with E-state index >= 15 is 0 Å². The minimum absolute atomic E-state index is 0.415. The minimum Gasteiger partial charge on any atom is -0.321 e. The molecule has 1 atom stereocenters. The van der Waals surface area contributed by atoms with Crippen LogP contribution in [0.5, 0.6) is 0 Å². The van der Waals surface area contributed by atoms with Gasteiger partial charge in [-0.05, 0) is 24.6 Å². The topological polar surface area (TPSA) is 24.1 Å². The van der Waals surface area contributed by atoms with E-state index in [-0.39, 0.29) is 0 Å². The molecule has 1 unspecified atom stereocenters. The van der Waals surface area contributed by atoms with Crippen molar-refractivity contribution in [2.45, 2.75) is 40.7 Å². The second-order valence-electron chi connectivity index (χ2n) is 2.72. The van der Waals surface area contributed by atoms with Gasteiger partial charge in [-0.2, -0.15) is 0 Å². The molecule has 1 heterocycles. The zero-order chi connectivity index (χ0) is 11.8. The minimum atomic E-state index is 0.415. The number of anilines is 1. The number of rotatable bonds is 0. The van der Waals surface area contributed by atoms with E-state index in [1.165, 1.54) is 11.3 Å². The number of hydrogen-bond donors (Lipinski definition) is 2. The van der Waals surface area contributed by atoms with Crippen LogP contribution >= 0.6 is 15.9 Å². The van der Waals surface area contributed by atoms with Gasteiger partial charge in [-0.25, -0.2) is 5.43 Å². The van der Waals surface area contributed by atoms with E-state index < -0.39 is 0 Å². The number of nitrogens with one attached hydrogen (secondary N) is 2. The maximum Gasteiger partial charge on any atom is 0.0547 e. The molecule has 0 aromatic heterocycles. The second-order valence-corrected chi connectivity index (χ2v) is 3.64. The van der Waals surface area contributed by atoms with Gasteiger partial charge >= 0.3 is 0 Å². The zero-order valence-corrected chi connectivity index (χ0v) is 11.8. The molecule has 0 spiro atoms. The Morgan fingerprint density at radius 1 is 1.13 bits per heavy atom. The van der Waals surface area contributed by atoms with Crippen LogP contribution in [-0.2, 0) is 0 Å². The van der Waals surface area contributed by atoms with Gasteiger partial charge in [0.15, 0.2) is 0 Å². The molecule has 1 aliphatic rings. The van der Waals surface area contributed by atoms with Crippen molar-refractivity contribution in [3.05, 3.63) is 28.2 Å². The molecular formula is C12H21BrN2. The highest BCUT2D eigenvalue weighted by Gasteiger charge is 2.16. The monoisotopic (exact) mass is 272 g/mol. The van der Waals surface area contributed by atoms with Crippen molar-refractivity contribution in [1.29, 1.82) is 0 Å². The molecule has 2 N–H and O–H groups in total. The fourth-order valence-electron chi connectivity index (χ4n) is 1.28. The molecule has 1 aromatic rings. The molecule has 0 amide bonds. The highest BCUT2D eigenvalue weighted by atomic mass is 79.9. The molecule has 15 heavy (non-hydrogen) atoms. The van der Waals surface area contributed by atoms with E-state index in [1.54, 1.807) is 0 Å². The first-order valence-corrected chi connectivity index (χ1v) is 6.37. The van der Waals surface area contributed by atoms with E-state index in [4.69, 9.17) is 0 Å². The molecule has 1 aliphatic heterocycles. The van der Waals surface area contributed by atoms with E-state index in [2.05, 4.69) is 51.9 Å². The first-order valence-electron chi connectivity index (χ1n) is 5.58. The summed E-state index contributed by atoms with van der Waals surface area (Å²) in [5.74, 6) is 0. The maximum absolute atomic E-state index is 3.42. The largest absolute Gasteiger partial charge is 0.321 e. The lowest BCUT2D eigenvalue weighted by Gasteiger charge is -2.00. The molecule has 2 nitrogen and oxygen atoms in total. The van der Waals surface area contributed by atoms with Crippen LogP contribution < -0.4 is 10.9 Å². The van der Waals surface area contributed by atoms with Gasteiger partial charge in [-0.3, -0.25) is 0 Å². The lowest BCUT2D eigenvalue weighted by Crippen LogP contribution is -2.15. The van der Waals surface area contributed by atoms with Crippen LogP contribution in [0.4, 0.5) is 5.69 Å². The number of hydrazine groups is 1. The Hall–Kier alpha value is -0.540. The molecule has 0 saturated heterocycles. The summed E-state index contributed by atoms with van der Waals surface area (Å²) >= 11 is 3.42. The van der Waals surface area contributed by atoms with Gasteiger partial charge < -0.3 is 5.43 Å². The molecule has 2 rings (SSSR count). The van der Waals surface area contributed by atoms with E-state index in [0.717, 1.165) is 4.47 Å². The summed E-state index contributed by atoms with van der Waals surface area (Å²) < 4.78 is 1.11. The lowest BCUT2D eigenvalue weighted by atomic mass is 10.1. The van der Waals surface area contributed by atoms with Crippen molar-refractivity contribution in [3.63, 3.8) is 0 Å². The van der Waals surface area contributed by atoms with Crippen LogP contribution in [0.1, 0.15) is 46.2 Å². The normalized spacial score (nSPS) is 16.3. The van der Waals surface area contributed by atoms with E-state index in [0.29, 0.717) is 6.04 Å². The van der Waals surface area contributed by atoms with Gasteiger partial charge in [0.1, 0.15) is 0 Å². The first kappa shape index (κ1) is 14.5. The smallest absolute Gasteiger partial charge is 0.0547 e. The summed E-state index contributed by atoms with van der Waals surface area (Å²) in [6, 6.07) is 6.67. The summed E-state index contributed by atoms with van der Waals surface area (Å²) in [6.45, 7) is 10.1. The van der Waals surface area contributed by atoms with Crippen molar-refractivity contribution in [2.75, 3.05) is 5.43 Å². The highest BCUT2D eigenvalue weighted by molar-refractivity contribution is 9.10. The molecule has 1 aromatic carbocycles. The molecule has 86 valence electrons. The predicted molar refractivity (Wildman–Crippen MR) is 72.0 cm³/mol. The Labute approximate surface area is 102 Å². The van der Waals surface area contributed by atoms with Crippen molar-refractivity contribution >= 4 is 21.6 Å². The Morgan fingerprint density at radius 2 is 1.73 bits per heavy atom. The number of halogens is 1. The number of fused-ring (bicyclic) bond motifs is 1. The molecule has 0 saturated carbocycles. The molecule has 0 fully saturated rings. The fourth-order valence-corrected chi connectivity index (χ4v) is 1.64. The lowest BCUT2D eigenvalue weighted by molar-refractivity contribution is 0.687. The SMILES string of the molecule is CC.CC.CC1NNc2cc(Br)ccc21. The molecule has 3 heteroatoms. The van der Waals surface area contributed by atoms with Gasteiger partial charge in [0.05, 0.1) is 11.7 Å². The van der Waals surface area contributed by atoms with Crippen LogP contribution in [0.3, 0.4) is 0 Å². The van der Waals surface area contributed by atoms with Crippen molar-refractivity contribution in [2.24, 2.45) is 0 Å². The predicted octanol–water partition coefficient (Wildman–Crippen LogP) is 4.49. The Bertz CT molecular complexity index is 287. The summed E-state index contributed by atoms with van der Waals surface area (Å²) in [7, 11) is 0. The third kappa shape index (κ3) is 3.84. The number of benzene rings is 1. The summed E-state index contributed by atoms with van der Waals surface area (Å²) in [6.07, 6.45) is 0. The third-order valence-electron chi connectivity index (χ3n) is 1.91. The van der Waals surface area contributed by atoms with Gasteiger partial charge in [0.25, 0.3) is 0 Å². The Kier molecular flexibility index (Phi) is 7.44. The van der Waals surface area contributed by atoms with Crippen molar-refractivity contribution in [3.8, 4) is 0 Å². The average molecular weight is 273 g/mol. The van der Waals surface area contributed by atoms with Gasteiger partial charge in [0, 0.05) is 4.47 Å². The van der Waals surface area contributed by atoms with Gasteiger partial charge in [-0.1, -0.05) is 49.7 Å². The Morgan fingerprint density at radius 3 is 2.33 bits per heavy atom. The summed E-state index contributed by atoms with van der Waals surface area (Å²) in [4.78, 5) is 0. The van der Waals surface area contributed by atoms with Crippen LogP contribution in [0.15, 0.2) is 22.7 Å². The summed E-state index contributed by atoms with van der Waals surface area (Å²) in [5, 5.41) is 0. The van der Waals surface area contributed by atoms with Crippen LogP contribution in [0.25, 0.3) is 0 Å². The molecule has 0 aliphatic carbocycles. The Balaban J connectivity index is 0.000000442. The van der Waals surface area contributed by atoms with Crippen molar-refractivity contribution in [1.82, 2.24) is 5.43 Å². The van der Waals surface area contributed by atoms with E-state index in [1.807, 2.05) is 27.7 Å². The van der Waals surface area contributed by atoms with Gasteiger partial charge in [-0.15, -0.1) is 0 Å². The average Bonchev–Trinajstić information content (AvgIpc) is 2.65. The van der Waals surface area contributed by atoms with Crippen LogP contribution in [-0.4, -0.2) is 0 Å². The van der Waals surface area contributed by atoms with Gasteiger partial charge in [0.2, 0.25) is 0 Å². The second kappa shape index (κ2) is 7.71. The highest BCUT2D eigenvalue weighted by Crippen LogP contribution is 2.29. The summed E-state index contributed by atoms with van der Waals surface area (Å²) in [5.41, 5.74) is 8.75. The third-order valence-corrected chi connectivity index (χ3v) is 2.40. The molecule has 0 radical (unpaired) electrons. The maximum atomic E-state index is 3.42. The number of hydrogen-bond acceptors (Lipinski definition) is 2. The molecule has 0 bridgehead atoms. The van der Waals surface area contributed by atoms with Crippen molar-refractivity contribution < 1.29 is 0 Å². The van der Waals surface area contributed by atoms with Crippen LogP contribution in [0, 0.1) is 0 Å². The quantitative estimate of drug-likeness (QED) is 0.727.